The Bertz CT molecular complexity index is 855. The third-order valence-electron chi connectivity index (χ3n) is 3.28. The van der Waals surface area contributed by atoms with E-state index in [1.165, 1.54) is 18.3 Å². The van der Waals surface area contributed by atoms with Crippen molar-refractivity contribution < 1.29 is 8.78 Å². The van der Waals surface area contributed by atoms with Crippen LogP contribution in [0.3, 0.4) is 0 Å². The van der Waals surface area contributed by atoms with Crippen LogP contribution in [0.1, 0.15) is 5.56 Å². The van der Waals surface area contributed by atoms with Crippen molar-refractivity contribution in [2.24, 2.45) is 0 Å². The Morgan fingerprint density at radius 1 is 1.14 bits per heavy atom. The van der Waals surface area contributed by atoms with Crippen LogP contribution in [0.4, 0.5) is 14.5 Å². The largest absolute Gasteiger partial charge is 0.379 e. The second-order valence-electron chi connectivity index (χ2n) is 4.71. The predicted octanol–water partition coefficient (Wildman–Crippen LogP) is 5.54. The number of benzene rings is 2. The van der Waals surface area contributed by atoms with E-state index in [1.807, 2.05) is 0 Å². The van der Waals surface area contributed by atoms with Crippen LogP contribution in [0.15, 0.2) is 47.1 Å². The van der Waals surface area contributed by atoms with E-state index in [9.17, 15) is 8.78 Å². The summed E-state index contributed by atoms with van der Waals surface area (Å²) in [5.41, 5.74) is 1.58. The average molecular weight is 384 g/mol. The molecule has 0 amide bonds. The molecule has 0 aliphatic rings. The minimum Gasteiger partial charge on any atom is -0.379 e. The Hall–Kier alpha value is -1.72. The fourth-order valence-electron chi connectivity index (χ4n) is 2.17. The summed E-state index contributed by atoms with van der Waals surface area (Å²) in [5, 5.41) is 4.16. The summed E-state index contributed by atoms with van der Waals surface area (Å²) in [6, 6.07) is 9.41. The summed E-state index contributed by atoms with van der Waals surface area (Å²) >= 11 is 9.32. The summed E-state index contributed by atoms with van der Waals surface area (Å²) < 4.78 is 27.6. The van der Waals surface area contributed by atoms with E-state index in [2.05, 4.69) is 26.2 Å². The topological polar surface area (TPSA) is 24.9 Å². The van der Waals surface area contributed by atoms with Crippen LogP contribution in [-0.2, 0) is 6.54 Å². The van der Waals surface area contributed by atoms with E-state index >= 15 is 0 Å². The quantitative estimate of drug-likeness (QED) is 0.642. The molecule has 0 saturated carbocycles. The smallest absolute Gasteiger partial charge is 0.139 e. The van der Waals surface area contributed by atoms with Gasteiger partial charge in [0.2, 0.25) is 0 Å². The van der Waals surface area contributed by atoms with Crippen LogP contribution < -0.4 is 5.32 Å². The van der Waals surface area contributed by atoms with Crippen molar-refractivity contribution in [1.29, 1.82) is 0 Å². The van der Waals surface area contributed by atoms with Gasteiger partial charge in [0.1, 0.15) is 11.6 Å². The highest BCUT2D eigenvalue weighted by molar-refractivity contribution is 9.10. The zero-order valence-corrected chi connectivity index (χ0v) is 13.5. The summed E-state index contributed by atoms with van der Waals surface area (Å²) in [4.78, 5) is 4.11. The van der Waals surface area contributed by atoms with Gasteiger partial charge in [0.25, 0.3) is 0 Å². The number of nitrogens with one attached hydrogen (secondary N) is 1. The van der Waals surface area contributed by atoms with Crippen LogP contribution in [-0.4, -0.2) is 4.98 Å². The second kappa shape index (κ2) is 6.18. The first-order valence-electron chi connectivity index (χ1n) is 6.47. The summed E-state index contributed by atoms with van der Waals surface area (Å²) in [5.74, 6) is -0.695. The lowest BCUT2D eigenvalue weighted by Crippen LogP contribution is -2.03. The van der Waals surface area contributed by atoms with Gasteiger partial charge in [-0.05, 0) is 28.1 Å². The van der Waals surface area contributed by atoms with Crippen molar-refractivity contribution in [2.45, 2.75) is 6.54 Å². The first kappa shape index (κ1) is 15.2. The van der Waals surface area contributed by atoms with Crippen molar-refractivity contribution in [2.75, 3.05) is 5.32 Å². The van der Waals surface area contributed by atoms with E-state index in [0.717, 1.165) is 0 Å². The minimum absolute atomic E-state index is 0.264. The summed E-state index contributed by atoms with van der Waals surface area (Å²) in [7, 11) is 0. The van der Waals surface area contributed by atoms with Gasteiger partial charge in [0.15, 0.2) is 0 Å². The fourth-order valence-corrected chi connectivity index (χ4v) is 2.73. The van der Waals surface area contributed by atoms with Crippen molar-refractivity contribution >= 4 is 44.1 Å². The third kappa shape index (κ3) is 2.91. The lowest BCUT2D eigenvalue weighted by Gasteiger charge is -2.12. The molecule has 1 aromatic heterocycles. The first-order valence-corrected chi connectivity index (χ1v) is 7.64. The third-order valence-corrected chi connectivity index (χ3v) is 4.17. The molecule has 2 nitrogen and oxygen atoms in total. The zero-order valence-electron chi connectivity index (χ0n) is 11.2. The van der Waals surface area contributed by atoms with Gasteiger partial charge in [0, 0.05) is 29.8 Å². The van der Waals surface area contributed by atoms with Gasteiger partial charge in [-0.2, -0.15) is 0 Å². The molecule has 6 heteroatoms. The Balaban J connectivity index is 2.01. The van der Waals surface area contributed by atoms with Gasteiger partial charge < -0.3 is 5.32 Å². The Kier molecular flexibility index (Phi) is 4.27. The number of halogens is 4. The molecule has 0 aliphatic heterocycles. The molecule has 2 aromatic carbocycles. The summed E-state index contributed by atoms with van der Waals surface area (Å²) in [6.07, 6.45) is 1.45. The second-order valence-corrected chi connectivity index (χ2v) is 5.97. The normalized spacial score (nSPS) is 10.9. The van der Waals surface area contributed by atoms with Crippen molar-refractivity contribution in [3.05, 3.63) is 69.3 Å². The van der Waals surface area contributed by atoms with Crippen LogP contribution >= 0.6 is 27.5 Å². The maximum absolute atomic E-state index is 13.7. The molecule has 3 aromatic rings. The van der Waals surface area contributed by atoms with E-state index < -0.39 is 5.82 Å². The van der Waals surface area contributed by atoms with Crippen molar-refractivity contribution in [1.82, 2.24) is 4.98 Å². The summed E-state index contributed by atoms with van der Waals surface area (Å²) in [6.45, 7) is 0.264. The van der Waals surface area contributed by atoms with Crippen LogP contribution in [0, 0.1) is 11.6 Å². The molecule has 0 fully saturated rings. The Morgan fingerprint density at radius 2 is 1.91 bits per heavy atom. The molecule has 0 bridgehead atoms. The molecule has 1 heterocycles. The molecule has 1 N–H and O–H groups in total. The van der Waals surface area contributed by atoms with E-state index in [0.29, 0.717) is 31.6 Å². The van der Waals surface area contributed by atoms with Crippen LogP contribution in [0.2, 0.25) is 5.02 Å². The van der Waals surface area contributed by atoms with E-state index in [1.54, 1.807) is 24.3 Å². The fraction of sp³-hybridized carbons (Fsp3) is 0.0625. The highest BCUT2D eigenvalue weighted by Crippen LogP contribution is 2.33. The number of hydrogen-bond acceptors (Lipinski definition) is 2. The van der Waals surface area contributed by atoms with Gasteiger partial charge in [0.05, 0.1) is 20.7 Å². The van der Waals surface area contributed by atoms with E-state index in [-0.39, 0.29) is 12.4 Å². The van der Waals surface area contributed by atoms with E-state index in [4.69, 9.17) is 11.6 Å². The Morgan fingerprint density at radius 3 is 2.68 bits per heavy atom. The van der Waals surface area contributed by atoms with Crippen LogP contribution in [0.25, 0.3) is 10.9 Å². The predicted molar refractivity (Wildman–Crippen MR) is 88.1 cm³/mol. The molecule has 22 heavy (non-hydrogen) atoms. The molecular formula is C16H10BrClF2N2. The number of hydrogen-bond donors (Lipinski definition) is 1. The number of nitrogens with zero attached hydrogens (tertiary/aromatic N) is 1. The highest BCUT2D eigenvalue weighted by Gasteiger charge is 2.11. The van der Waals surface area contributed by atoms with Gasteiger partial charge in [-0.25, -0.2) is 8.78 Å². The maximum atomic E-state index is 13.7. The monoisotopic (exact) mass is 382 g/mol. The number of fused-ring (bicyclic) bond motifs is 1. The standard InChI is InChI=1S/C16H10BrClF2N2/c17-11-5-10-15(6-14(11)20)21-8-12(18)16(10)22-7-9-3-1-2-4-13(9)19/h1-6,8H,7H2,(H,21,22). The molecule has 0 radical (unpaired) electrons. The minimum atomic E-state index is -0.401. The Labute approximate surface area is 139 Å². The average Bonchev–Trinajstić information content (AvgIpc) is 2.50. The molecule has 0 aliphatic carbocycles. The highest BCUT2D eigenvalue weighted by atomic mass is 79.9. The van der Waals surface area contributed by atoms with Gasteiger partial charge in [-0.15, -0.1) is 0 Å². The molecular weight excluding hydrogens is 374 g/mol. The van der Waals surface area contributed by atoms with Crippen molar-refractivity contribution in [3.63, 3.8) is 0 Å². The molecule has 0 spiro atoms. The maximum Gasteiger partial charge on any atom is 0.139 e. The molecule has 112 valence electrons. The van der Waals surface area contributed by atoms with Gasteiger partial charge in [-0.3, -0.25) is 4.98 Å². The number of anilines is 1. The number of pyridine rings is 1. The van der Waals surface area contributed by atoms with Gasteiger partial charge in [-0.1, -0.05) is 29.8 Å². The molecule has 0 atom stereocenters. The number of rotatable bonds is 3. The van der Waals surface area contributed by atoms with Crippen LogP contribution in [0.5, 0.6) is 0 Å². The van der Waals surface area contributed by atoms with Gasteiger partial charge >= 0.3 is 0 Å². The molecule has 0 unspecified atom stereocenters. The first-order chi connectivity index (χ1) is 10.6. The SMILES string of the molecule is Fc1cc2ncc(Cl)c(NCc3ccccc3F)c2cc1Br. The number of aromatic nitrogens is 1. The lowest BCUT2D eigenvalue weighted by atomic mass is 10.1. The molecule has 3 rings (SSSR count). The lowest BCUT2D eigenvalue weighted by molar-refractivity contribution is 0.613. The zero-order chi connectivity index (χ0) is 15.7. The molecule has 0 saturated heterocycles. The van der Waals surface area contributed by atoms with Crippen molar-refractivity contribution in [3.8, 4) is 0 Å².